The standard InChI is InChI=1S/C24H25N5O5/c1-15(30)26-19-11-18(12-20(13-19)27-16(2)31)24(33)34-14-21(32)28-22(17-7-5-4-6-8-17)23-25-9-10-29(23)3/h4-13,22H,14H2,1-3H3,(H,26,30)(H,27,31)(H,28,32)/t22-/m1/s1. The molecule has 0 aliphatic carbocycles. The van der Waals surface area contributed by atoms with Crippen LogP contribution in [0.3, 0.4) is 0 Å². The van der Waals surface area contributed by atoms with Crippen molar-refractivity contribution in [3.05, 3.63) is 77.9 Å². The third kappa shape index (κ3) is 6.52. The summed E-state index contributed by atoms with van der Waals surface area (Å²) in [6.45, 7) is 2.10. The first-order chi connectivity index (χ1) is 16.2. The minimum Gasteiger partial charge on any atom is -0.452 e. The highest BCUT2D eigenvalue weighted by Gasteiger charge is 2.21. The van der Waals surface area contributed by atoms with Crippen molar-refractivity contribution in [2.45, 2.75) is 19.9 Å². The average molecular weight is 463 g/mol. The van der Waals surface area contributed by atoms with Gasteiger partial charge in [-0.25, -0.2) is 9.78 Å². The van der Waals surface area contributed by atoms with Crippen molar-refractivity contribution in [3.8, 4) is 0 Å². The number of nitrogens with zero attached hydrogens (tertiary/aromatic N) is 2. The van der Waals surface area contributed by atoms with Crippen molar-refractivity contribution in [1.82, 2.24) is 14.9 Å². The van der Waals surface area contributed by atoms with Gasteiger partial charge >= 0.3 is 5.97 Å². The van der Waals surface area contributed by atoms with E-state index in [0.29, 0.717) is 17.2 Å². The van der Waals surface area contributed by atoms with Crippen LogP contribution < -0.4 is 16.0 Å². The Hall–Kier alpha value is -4.47. The summed E-state index contributed by atoms with van der Waals surface area (Å²) in [6, 6.07) is 13.1. The average Bonchev–Trinajstić information content (AvgIpc) is 3.20. The van der Waals surface area contributed by atoms with Crippen molar-refractivity contribution in [3.63, 3.8) is 0 Å². The van der Waals surface area contributed by atoms with E-state index in [-0.39, 0.29) is 17.4 Å². The van der Waals surface area contributed by atoms with Gasteiger partial charge in [-0.3, -0.25) is 14.4 Å². The molecule has 176 valence electrons. The number of ether oxygens (including phenoxy) is 1. The van der Waals surface area contributed by atoms with Gasteiger partial charge in [0.05, 0.1) is 5.56 Å². The van der Waals surface area contributed by atoms with Crippen molar-refractivity contribution >= 4 is 35.1 Å². The predicted molar refractivity (Wildman–Crippen MR) is 125 cm³/mol. The van der Waals surface area contributed by atoms with Crippen LogP contribution in [-0.4, -0.2) is 39.8 Å². The van der Waals surface area contributed by atoms with E-state index in [2.05, 4.69) is 20.9 Å². The highest BCUT2D eigenvalue weighted by atomic mass is 16.5. The Morgan fingerprint density at radius 3 is 2.12 bits per heavy atom. The number of hydrogen-bond donors (Lipinski definition) is 3. The van der Waals surface area contributed by atoms with Crippen LogP contribution >= 0.6 is 0 Å². The van der Waals surface area contributed by atoms with E-state index in [4.69, 9.17) is 4.74 Å². The predicted octanol–water partition coefficient (Wildman–Crippen LogP) is 2.40. The van der Waals surface area contributed by atoms with E-state index >= 15 is 0 Å². The molecule has 0 spiro atoms. The van der Waals surface area contributed by atoms with E-state index in [1.165, 1.54) is 32.0 Å². The molecule has 0 aliphatic rings. The minimum atomic E-state index is -0.790. The van der Waals surface area contributed by atoms with Gasteiger partial charge < -0.3 is 25.3 Å². The number of aryl methyl sites for hydroxylation is 1. The van der Waals surface area contributed by atoms with Crippen molar-refractivity contribution in [1.29, 1.82) is 0 Å². The molecule has 0 saturated carbocycles. The first-order valence-corrected chi connectivity index (χ1v) is 10.4. The van der Waals surface area contributed by atoms with E-state index in [1.54, 1.807) is 17.0 Å². The number of carbonyl (C=O) groups is 4. The summed E-state index contributed by atoms with van der Waals surface area (Å²) in [5, 5.41) is 7.96. The zero-order valence-corrected chi connectivity index (χ0v) is 19.0. The number of amides is 3. The summed E-state index contributed by atoms with van der Waals surface area (Å²) in [5.41, 5.74) is 1.48. The van der Waals surface area contributed by atoms with Gasteiger partial charge in [-0.1, -0.05) is 30.3 Å². The number of nitrogens with one attached hydrogen (secondary N) is 3. The number of aromatic nitrogens is 2. The van der Waals surface area contributed by atoms with Crippen LogP contribution in [0.4, 0.5) is 11.4 Å². The topological polar surface area (TPSA) is 131 Å². The first kappa shape index (κ1) is 24.2. The Labute approximate surface area is 196 Å². The number of imidazole rings is 1. The SMILES string of the molecule is CC(=O)Nc1cc(NC(C)=O)cc(C(=O)OCC(=O)N[C@H](c2ccccc2)c2nccn2C)c1. The Balaban J connectivity index is 1.72. The van der Waals surface area contributed by atoms with Gasteiger partial charge in [-0.15, -0.1) is 0 Å². The second-order valence-electron chi connectivity index (χ2n) is 7.55. The normalized spacial score (nSPS) is 11.3. The highest BCUT2D eigenvalue weighted by molar-refractivity contribution is 5.98. The van der Waals surface area contributed by atoms with Crippen LogP contribution in [0, 0.1) is 0 Å². The van der Waals surface area contributed by atoms with Gasteiger partial charge in [0, 0.05) is 44.7 Å². The lowest BCUT2D eigenvalue weighted by Crippen LogP contribution is -2.34. The molecule has 34 heavy (non-hydrogen) atoms. The second kappa shape index (κ2) is 10.9. The van der Waals surface area contributed by atoms with Crippen LogP contribution in [0.2, 0.25) is 0 Å². The molecule has 0 bridgehead atoms. The molecular formula is C24H25N5O5. The Bertz CT molecular complexity index is 1170. The van der Waals surface area contributed by atoms with E-state index in [9.17, 15) is 19.2 Å². The van der Waals surface area contributed by atoms with E-state index in [0.717, 1.165) is 5.56 Å². The first-order valence-electron chi connectivity index (χ1n) is 10.4. The van der Waals surface area contributed by atoms with Gasteiger partial charge in [0.25, 0.3) is 5.91 Å². The lowest BCUT2D eigenvalue weighted by molar-refractivity contribution is -0.124. The molecule has 10 nitrogen and oxygen atoms in total. The fourth-order valence-electron chi connectivity index (χ4n) is 3.31. The lowest BCUT2D eigenvalue weighted by atomic mass is 10.1. The summed E-state index contributed by atoms with van der Waals surface area (Å²) in [4.78, 5) is 52.4. The summed E-state index contributed by atoms with van der Waals surface area (Å²) >= 11 is 0. The summed E-state index contributed by atoms with van der Waals surface area (Å²) < 4.78 is 6.98. The second-order valence-corrected chi connectivity index (χ2v) is 7.55. The maximum Gasteiger partial charge on any atom is 0.338 e. The summed E-state index contributed by atoms with van der Waals surface area (Å²) in [7, 11) is 1.82. The van der Waals surface area contributed by atoms with Gasteiger partial charge in [0.2, 0.25) is 11.8 Å². The number of anilines is 2. The molecule has 10 heteroatoms. The molecule has 0 saturated heterocycles. The van der Waals surface area contributed by atoms with Crippen LogP contribution in [0.1, 0.15) is 41.6 Å². The molecule has 3 rings (SSSR count). The molecule has 1 heterocycles. The van der Waals surface area contributed by atoms with Crippen molar-refractivity contribution in [2.75, 3.05) is 17.2 Å². The van der Waals surface area contributed by atoms with Crippen LogP contribution in [-0.2, 0) is 26.2 Å². The van der Waals surface area contributed by atoms with Crippen LogP contribution in [0.15, 0.2) is 60.9 Å². The number of rotatable bonds is 8. The maximum atomic E-state index is 12.7. The molecule has 3 aromatic rings. The molecule has 2 aromatic carbocycles. The van der Waals surface area contributed by atoms with Crippen molar-refractivity contribution in [2.24, 2.45) is 7.05 Å². The smallest absolute Gasteiger partial charge is 0.338 e. The largest absolute Gasteiger partial charge is 0.452 e. The van der Waals surface area contributed by atoms with Gasteiger partial charge in [-0.2, -0.15) is 0 Å². The zero-order chi connectivity index (χ0) is 24.7. The third-order valence-corrected chi connectivity index (χ3v) is 4.70. The minimum absolute atomic E-state index is 0.0616. The van der Waals surface area contributed by atoms with Crippen LogP contribution in [0.5, 0.6) is 0 Å². The Kier molecular flexibility index (Phi) is 7.75. The number of carbonyl (C=O) groups excluding carboxylic acids is 4. The third-order valence-electron chi connectivity index (χ3n) is 4.70. The molecule has 1 atom stereocenters. The van der Waals surface area contributed by atoms with E-state index in [1.807, 2.05) is 37.4 Å². The summed E-state index contributed by atoms with van der Waals surface area (Å²) in [6.07, 6.45) is 3.40. The quantitative estimate of drug-likeness (QED) is 0.440. The zero-order valence-electron chi connectivity index (χ0n) is 19.0. The molecular weight excluding hydrogens is 438 g/mol. The maximum absolute atomic E-state index is 12.7. The molecule has 0 radical (unpaired) electrons. The Morgan fingerprint density at radius 2 is 1.59 bits per heavy atom. The van der Waals surface area contributed by atoms with Gasteiger partial charge in [0.15, 0.2) is 6.61 Å². The lowest BCUT2D eigenvalue weighted by Gasteiger charge is -2.19. The van der Waals surface area contributed by atoms with Crippen molar-refractivity contribution < 1.29 is 23.9 Å². The highest BCUT2D eigenvalue weighted by Crippen LogP contribution is 2.21. The fraction of sp³-hybridized carbons (Fsp3) is 0.208. The molecule has 3 amide bonds. The molecule has 3 N–H and O–H groups in total. The summed E-state index contributed by atoms with van der Waals surface area (Å²) in [5.74, 6) is -1.39. The molecule has 1 aromatic heterocycles. The Morgan fingerprint density at radius 1 is 0.971 bits per heavy atom. The fourth-order valence-corrected chi connectivity index (χ4v) is 3.31. The molecule has 0 fully saturated rings. The number of benzene rings is 2. The number of hydrogen-bond acceptors (Lipinski definition) is 6. The molecule has 0 unspecified atom stereocenters. The van der Waals surface area contributed by atoms with Gasteiger partial charge in [-0.05, 0) is 23.8 Å². The monoisotopic (exact) mass is 463 g/mol. The molecule has 0 aliphatic heterocycles. The van der Waals surface area contributed by atoms with E-state index < -0.39 is 24.5 Å². The van der Waals surface area contributed by atoms with Gasteiger partial charge in [0.1, 0.15) is 11.9 Å². The number of esters is 1. The van der Waals surface area contributed by atoms with Crippen LogP contribution in [0.25, 0.3) is 0 Å².